The van der Waals surface area contributed by atoms with Crippen LogP contribution >= 0.6 is 11.6 Å². The molecule has 0 amide bonds. The van der Waals surface area contributed by atoms with E-state index in [-0.39, 0.29) is 10.9 Å². The lowest BCUT2D eigenvalue weighted by molar-refractivity contribution is 0.405. The minimum absolute atomic E-state index is 0.0264. The third kappa shape index (κ3) is 3.59. The molecule has 4 nitrogen and oxygen atoms in total. The topological polar surface area (TPSA) is 49.4 Å². The Hall–Kier alpha value is -0.620. The van der Waals surface area contributed by atoms with Crippen molar-refractivity contribution in [2.24, 2.45) is 5.92 Å². The van der Waals surface area contributed by atoms with Gasteiger partial charge in [-0.1, -0.05) is 31.5 Å². The first-order valence-electron chi connectivity index (χ1n) is 7.37. The zero-order valence-corrected chi connectivity index (χ0v) is 14.3. The van der Waals surface area contributed by atoms with Gasteiger partial charge in [-0.3, -0.25) is 0 Å². The SMILES string of the molecule is CCNCc1ccc(Cl)c(S(=O)(=O)N2CC(C)CC2C)c1. The van der Waals surface area contributed by atoms with Gasteiger partial charge in [-0.15, -0.1) is 0 Å². The fourth-order valence-corrected chi connectivity index (χ4v) is 5.14. The second kappa shape index (κ2) is 6.65. The monoisotopic (exact) mass is 330 g/mol. The minimum Gasteiger partial charge on any atom is -0.313 e. The van der Waals surface area contributed by atoms with Gasteiger partial charge in [-0.2, -0.15) is 4.31 Å². The molecule has 0 aromatic heterocycles. The first kappa shape index (κ1) is 16.7. The highest BCUT2D eigenvalue weighted by Gasteiger charge is 2.37. The molecule has 2 unspecified atom stereocenters. The van der Waals surface area contributed by atoms with Crippen LogP contribution < -0.4 is 5.32 Å². The second-order valence-corrected chi connectivity index (χ2v) is 8.08. The highest BCUT2D eigenvalue weighted by molar-refractivity contribution is 7.89. The van der Waals surface area contributed by atoms with Crippen molar-refractivity contribution in [2.75, 3.05) is 13.1 Å². The molecule has 1 aliphatic rings. The third-order valence-corrected chi connectivity index (χ3v) is 6.35. The van der Waals surface area contributed by atoms with Crippen LogP contribution in [0, 0.1) is 5.92 Å². The summed E-state index contributed by atoms with van der Waals surface area (Å²) in [5, 5.41) is 3.49. The molecule has 1 aromatic rings. The first-order valence-corrected chi connectivity index (χ1v) is 9.19. The Morgan fingerprint density at radius 1 is 1.38 bits per heavy atom. The highest BCUT2D eigenvalue weighted by Crippen LogP contribution is 2.32. The Bertz CT molecular complexity index is 604. The molecule has 2 rings (SSSR count). The maximum absolute atomic E-state index is 12.9. The van der Waals surface area contributed by atoms with Gasteiger partial charge in [0.1, 0.15) is 4.90 Å². The molecule has 1 N–H and O–H groups in total. The lowest BCUT2D eigenvalue weighted by Crippen LogP contribution is -2.34. The van der Waals surface area contributed by atoms with E-state index in [1.165, 1.54) is 0 Å². The zero-order chi connectivity index (χ0) is 15.6. The van der Waals surface area contributed by atoms with Crippen LogP contribution in [0.2, 0.25) is 5.02 Å². The zero-order valence-electron chi connectivity index (χ0n) is 12.8. The number of hydrogen-bond donors (Lipinski definition) is 1. The van der Waals surface area contributed by atoms with E-state index >= 15 is 0 Å². The molecule has 1 aromatic carbocycles. The van der Waals surface area contributed by atoms with Gasteiger partial charge in [-0.05, 0) is 43.5 Å². The Labute approximate surface area is 132 Å². The van der Waals surface area contributed by atoms with E-state index in [1.807, 2.05) is 19.9 Å². The van der Waals surface area contributed by atoms with Crippen molar-refractivity contribution in [1.82, 2.24) is 9.62 Å². The maximum atomic E-state index is 12.9. The number of halogens is 1. The van der Waals surface area contributed by atoms with Crippen LogP contribution in [0.25, 0.3) is 0 Å². The van der Waals surface area contributed by atoms with E-state index in [2.05, 4.69) is 12.2 Å². The van der Waals surface area contributed by atoms with Crippen molar-refractivity contribution in [1.29, 1.82) is 0 Å². The van der Waals surface area contributed by atoms with Crippen LogP contribution in [-0.2, 0) is 16.6 Å². The summed E-state index contributed by atoms with van der Waals surface area (Å²) in [5.74, 6) is 0.387. The molecule has 0 spiro atoms. The summed E-state index contributed by atoms with van der Waals surface area (Å²) in [6, 6.07) is 5.25. The lowest BCUT2D eigenvalue weighted by atomic mass is 10.1. The number of benzene rings is 1. The molecular weight excluding hydrogens is 308 g/mol. The standard InChI is InChI=1S/C15H23ClN2O2S/c1-4-17-9-13-5-6-14(16)15(8-13)21(19,20)18-10-11(2)7-12(18)3/h5-6,8,11-12,17H,4,7,9-10H2,1-3H3. The van der Waals surface area contributed by atoms with Gasteiger partial charge in [0.05, 0.1) is 5.02 Å². The summed E-state index contributed by atoms with van der Waals surface area (Å²) in [7, 11) is -3.53. The summed E-state index contributed by atoms with van der Waals surface area (Å²) in [6.07, 6.45) is 0.897. The van der Waals surface area contributed by atoms with E-state index in [1.54, 1.807) is 16.4 Å². The van der Waals surface area contributed by atoms with E-state index < -0.39 is 10.0 Å². The number of nitrogens with zero attached hydrogens (tertiary/aromatic N) is 1. The van der Waals surface area contributed by atoms with E-state index in [9.17, 15) is 8.42 Å². The Balaban J connectivity index is 2.35. The molecule has 1 heterocycles. The average Bonchev–Trinajstić information content (AvgIpc) is 2.77. The van der Waals surface area contributed by atoms with Crippen LogP contribution in [0.3, 0.4) is 0 Å². The van der Waals surface area contributed by atoms with Gasteiger partial charge in [0.2, 0.25) is 10.0 Å². The summed E-state index contributed by atoms with van der Waals surface area (Å²) in [5.41, 5.74) is 0.930. The fraction of sp³-hybridized carbons (Fsp3) is 0.600. The predicted molar refractivity (Wildman–Crippen MR) is 86.0 cm³/mol. The van der Waals surface area contributed by atoms with Gasteiger partial charge in [0.15, 0.2) is 0 Å². The number of hydrogen-bond acceptors (Lipinski definition) is 3. The molecular formula is C15H23ClN2O2S. The molecule has 1 saturated heterocycles. The van der Waals surface area contributed by atoms with Gasteiger partial charge < -0.3 is 5.32 Å². The first-order chi connectivity index (χ1) is 9.86. The summed E-state index contributed by atoms with van der Waals surface area (Å²) in [4.78, 5) is 0.223. The normalized spacial score (nSPS) is 23.6. The number of rotatable bonds is 5. The molecule has 0 saturated carbocycles. The summed E-state index contributed by atoms with van der Waals surface area (Å²) in [6.45, 7) is 8.10. The Morgan fingerprint density at radius 2 is 2.10 bits per heavy atom. The molecule has 118 valence electrons. The molecule has 6 heteroatoms. The average molecular weight is 331 g/mol. The smallest absolute Gasteiger partial charge is 0.244 e. The molecule has 1 fully saturated rings. The Kier molecular flexibility index (Phi) is 5.30. The summed E-state index contributed by atoms with van der Waals surface area (Å²) >= 11 is 6.15. The van der Waals surface area contributed by atoms with Gasteiger partial charge >= 0.3 is 0 Å². The van der Waals surface area contributed by atoms with Crippen molar-refractivity contribution >= 4 is 21.6 Å². The fourth-order valence-electron chi connectivity index (χ4n) is 2.85. The van der Waals surface area contributed by atoms with Gasteiger partial charge in [0, 0.05) is 19.1 Å². The largest absolute Gasteiger partial charge is 0.313 e. The van der Waals surface area contributed by atoms with Crippen LogP contribution in [0.15, 0.2) is 23.1 Å². The highest BCUT2D eigenvalue weighted by atomic mass is 35.5. The van der Waals surface area contributed by atoms with E-state index in [0.717, 1.165) is 18.5 Å². The molecule has 0 radical (unpaired) electrons. The van der Waals surface area contributed by atoms with E-state index in [0.29, 0.717) is 24.0 Å². The van der Waals surface area contributed by atoms with E-state index in [4.69, 9.17) is 11.6 Å². The quantitative estimate of drug-likeness (QED) is 0.903. The maximum Gasteiger partial charge on any atom is 0.244 e. The van der Waals surface area contributed by atoms with Crippen molar-refractivity contribution in [3.05, 3.63) is 28.8 Å². The summed E-state index contributed by atoms with van der Waals surface area (Å²) < 4.78 is 27.3. The predicted octanol–water partition coefficient (Wildman–Crippen LogP) is 2.87. The van der Waals surface area contributed by atoms with Crippen LogP contribution in [0.1, 0.15) is 32.8 Å². The number of sulfonamides is 1. The second-order valence-electron chi connectivity index (χ2n) is 5.81. The van der Waals surface area contributed by atoms with Crippen molar-refractivity contribution in [3.63, 3.8) is 0 Å². The third-order valence-electron chi connectivity index (χ3n) is 3.89. The van der Waals surface area contributed by atoms with Gasteiger partial charge in [-0.25, -0.2) is 8.42 Å². The Morgan fingerprint density at radius 3 is 2.67 bits per heavy atom. The minimum atomic E-state index is -3.53. The lowest BCUT2D eigenvalue weighted by Gasteiger charge is -2.22. The van der Waals surface area contributed by atoms with Crippen LogP contribution in [0.5, 0.6) is 0 Å². The number of nitrogens with one attached hydrogen (secondary N) is 1. The van der Waals surface area contributed by atoms with Crippen LogP contribution in [-0.4, -0.2) is 31.9 Å². The van der Waals surface area contributed by atoms with Gasteiger partial charge in [0.25, 0.3) is 0 Å². The van der Waals surface area contributed by atoms with Crippen molar-refractivity contribution in [2.45, 2.75) is 44.7 Å². The molecule has 0 aliphatic carbocycles. The van der Waals surface area contributed by atoms with Crippen LogP contribution in [0.4, 0.5) is 0 Å². The van der Waals surface area contributed by atoms with Crippen molar-refractivity contribution < 1.29 is 8.42 Å². The van der Waals surface area contributed by atoms with Crippen molar-refractivity contribution in [3.8, 4) is 0 Å². The molecule has 21 heavy (non-hydrogen) atoms. The molecule has 2 atom stereocenters. The molecule has 0 bridgehead atoms. The molecule has 1 aliphatic heterocycles.